The quantitative estimate of drug-likeness (QED) is 0.373. The Kier molecular flexibility index (Phi) is 5.15. The number of pyridine rings is 2. The topological polar surface area (TPSA) is 25.8 Å². The molecule has 1 saturated carbocycles. The second-order valence-electron chi connectivity index (χ2n) is 8.28. The average Bonchev–Trinajstić information content (AvgIpc) is 2.86. The number of aromatic nitrogens is 2. The average molecular weight is 391 g/mol. The minimum Gasteiger partial charge on any atom is -0.265 e. The minimum atomic E-state index is 0.114. The van der Waals surface area contributed by atoms with Crippen molar-refractivity contribution in [2.45, 2.75) is 37.5 Å². The van der Waals surface area contributed by atoms with E-state index >= 15 is 0 Å². The molecule has 0 spiro atoms. The van der Waals surface area contributed by atoms with E-state index in [2.05, 4.69) is 76.7 Å². The van der Waals surface area contributed by atoms with E-state index in [0.717, 1.165) is 0 Å². The zero-order valence-corrected chi connectivity index (χ0v) is 17.2. The van der Waals surface area contributed by atoms with Crippen LogP contribution in [-0.2, 0) is 5.41 Å². The smallest absolute Gasteiger partial charge is 0.0346 e. The van der Waals surface area contributed by atoms with Crippen molar-refractivity contribution < 1.29 is 0 Å². The largest absolute Gasteiger partial charge is 0.265 e. The van der Waals surface area contributed by atoms with Crippen LogP contribution in [0.3, 0.4) is 0 Å². The highest BCUT2D eigenvalue weighted by molar-refractivity contribution is 5.65. The van der Waals surface area contributed by atoms with E-state index in [1.165, 1.54) is 65.5 Å². The lowest BCUT2D eigenvalue weighted by Crippen LogP contribution is -2.30. The van der Waals surface area contributed by atoms with Crippen molar-refractivity contribution in [1.82, 2.24) is 9.97 Å². The summed E-state index contributed by atoms with van der Waals surface area (Å²) in [5.41, 5.74) is 7.85. The predicted molar refractivity (Wildman–Crippen MR) is 123 cm³/mol. The molecule has 4 aromatic rings. The van der Waals surface area contributed by atoms with Crippen LogP contribution in [0.4, 0.5) is 0 Å². The fraction of sp³-hybridized carbons (Fsp3) is 0.214. The molecule has 0 unspecified atom stereocenters. The van der Waals surface area contributed by atoms with Crippen LogP contribution in [0.5, 0.6) is 0 Å². The van der Waals surface area contributed by atoms with E-state index in [1.807, 2.05) is 30.9 Å². The van der Waals surface area contributed by atoms with Crippen molar-refractivity contribution in [3.63, 3.8) is 0 Å². The first-order chi connectivity index (χ1) is 14.9. The van der Waals surface area contributed by atoms with E-state index in [9.17, 15) is 0 Å². The first-order valence-electron chi connectivity index (χ1n) is 10.9. The van der Waals surface area contributed by atoms with E-state index in [0.29, 0.717) is 0 Å². The van der Waals surface area contributed by atoms with Crippen LogP contribution in [0.1, 0.15) is 43.2 Å². The summed E-state index contributed by atoms with van der Waals surface area (Å²) in [6.07, 6.45) is 13.8. The molecule has 0 saturated heterocycles. The van der Waals surface area contributed by atoms with Gasteiger partial charge in [-0.3, -0.25) is 9.97 Å². The lowest BCUT2D eigenvalue weighted by atomic mass is 9.65. The monoisotopic (exact) mass is 390 g/mol. The molecule has 0 aliphatic heterocycles. The Labute approximate surface area is 178 Å². The van der Waals surface area contributed by atoms with Gasteiger partial charge in [0.25, 0.3) is 0 Å². The molecule has 5 rings (SSSR count). The molecule has 0 bridgehead atoms. The predicted octanol–water partition coefficient (Wildman–Crippen LogP) is 7.06. The lowest BCUT2D eigenvalue weighted by molar-refractivity contribution is 0.346. The Morgan fingerprint density at radius 3 is 1.63 bits per heavy atom. The molecule has 1 fully saturated rings. The summed E-state index contributed by atoms with van der Waals surface area (Å²) in [5, 5.41) is 0. The highest BCUT2D eigenvalue weighted by atomic mass is 14.6. The van der Waals surface area contributed by atoms with Crippen LogP contribution in [-0.4, -0.2) is 9.97 Å². The van der Waals surface area contributed by atoms with Gasteiger partial charge >= 0.3 is 0 Å². The summed E-state index contributed by atoms with van der Waals surface area (Å²) in [7, 11) is 0. The molecule has 2 heterocycles. The van der Waals surface area contributed by atoms with E-state index < -0.39 is 0 Å². The molecule has 2 aromatic carbocycles. The first kappa shape index (κ1) is 18.7. The Balaban J connectivity index is 1.51. The van der Waals surface area contributed by atoms with Crippen molar-refractivity contribution >= 4 is 0 Å². The molecule has 2 heteroatoms. The molecule has 1 aliphatic carbocycles. The third-order valence-corrected chi connectivity index (χ3v) is 6.59. The van der Waals surface area contributed by atoms with Gasteiger partial charge in [-0.1, -0.05) is 73.9 Å². The lowest BCUT2D eigenvalue weighted by Gasteiger charge is -2.39. The van der Waals surface area contributed by atoms with E-state index in [4.69, 9.17) is 0 Å². The maximum absolute atomic E-state index is 4.26. The van der Waals surface area contributed by atoms with Gasteiger partial charge in [-0.2, -0.15) is 0 Å². The van der Waals surface area contributed by atoms with Crippen molar-refractivity contribution in [3.8, 4) is 22.3 Å². The molecule has 1 aliphatic rings. The van der Waals surface area contributed by atoms with Crippen LogP contribution in [0, 0.1) is 0 Å². The second-order valence-corrected chi connectivity index (χ2v) is 8.28. The summed E-state index contributed by atoms with van der Waals surface area (Å²) >= 11 is 0. The molecule has 2 aromatic heterocycles. The summed E-state index contributed by atoms with van der Waals surface area (Å²) < 4.78 is 0. The maximum atomic E-state index is 4.26. The number of hydrogen-bond donors (Lipinski definition) is 0. The van der Waals surface area contributed by atoms with Gasteiger partial charge in [0.15, 0.2) is 0 Å². The van der Waals surface area contributed by atoms with Crippen LogP contribution in [0.15, 0.2) is 97.6 Å². The van der Waals surface area contributed by atoms with E-state index in [-0.39, 0.29) is 5.41 Å². The van der Waals surface area contributed by atoms with E-state index in [1.54, 1.807) is 0 Å². The number of nitrogens with zero attached hydrogens (tertiary/aromatic N) is 2. The highest BCUT2D eigenvalue weighted by Crippen LogP contribution is 2.45. The Morgan fingerprint density at radius 2 is 1.07 bits per heavy atom. The van der Waals surface area contributed by atoms with Crippen LogP contribution in [0.2, 0.25) is 0 Å². The van der Waals surface area contributed by atoms with Crippen LogP contribution >= 0.6 is 0 Å². The standard InChI is InChI=1S/C28H26N2/c1-2-16-28(17-3-1,26-10-6-22(7-11-26)24-14-19-29-20-15-24)27-12-8-23(9-13-27)25-5-4-18-30-21-25/h4-15,18-21H,1-3,16-17H2. The zero-order valence-electron chi connectivity index (χ0n) is 17.2. The van der Waals surface area contributed by atoms with Gasteiger partial charge in [-0.05, 0) is 64.4 Å². The summed E-state index contributed by atoms with van der Waals surface area (Å²) in [4.78, 5) is 8.40. The SMILES string of the molecule is c1cncc(-c2ccc(C3(c4ccc(-c5ccncc5)cc4)CCCCC3)cc2)c1. The molecular formula is C28H26N2. The number of hydrogen-bond acceptors (Lipinski definition) is 2. The third kappa shape index (κ3) is 3.54. The highest BCUT2D eigenvalue weighted by Gasteiger charge is 2.35. The van der Waals surface area contributed by atoms with Crippen LogP contribution in [0.25, 0.3) is 22.3 Å². The van der Waals surface area contributed by atoms with Gasteiger partial charge in [0.05, 0.1) is 0 Å². The Morgan fingerprint density at radius 1 is 0.500 bits per heavy atom. The zero-order chi connectivity index (χ0) is 20.2. The van der Waals surface area contributed by atoms with Gasteiger partial charge in [-0.15, -0.1) is 0 Å². The number of benzene rings is 2. The normalized spacial score (nSPS) is 15.6. The summed E-state index contributed by atoms with van der Waals surface area (Å²) in [6, 6.07) is 26.7. The number of rotatable bonds is 4. The molecule has 148 valence electrons. The van der Waals surface area contributed by atoms with Gasteiger partial charge in [0, 0.05) is 30.2 Å². The molecule has 0 atom stereocenters. The maximum Gasteiger partial charge on any atom is 0.0346 e. The van der Waals surface area contributed by atoms with Gasteiger partial charge in [0.1, 0.15) is 0 Å². The fourth-order valence-corrected chi connectivity index (χ4v) is 4.94. The fourth-order valence-electron chi connectivity index (χ4n) is 4.94. The molecule has 2 nitrogen and oxygen atoms in total. The van der Waals surface area contributed by atoms with Gasteiger partial charge < -0.3 is 0 Å². The summed E-state index contributed by atoms with van der Waals surface area (Å²) in [6.45, 7) is 0. The Bertz CT molecular complexity index is 994. The molecular weight excluding hydrogens is 364 g/mol. The molecule has 0 amide bonds. The summed E-state index contributed by atoms with van der Waals surface area (Å²) in [5.74, 6) is 0. The molecule has 0 radical (unpaired) electrons. The third-order valence-electron chi connectivity index (χ3n) is 6.59. The molecule has 0 N–H and O–H groups in total. The Hall–Kier alpha value is -3.26. The molecule has 30 heavy (non-hydrogen) atoms. The van der Waals surface area contributed by atoms with Crippen molar-refractivity contribution in [3.05, 3.63) is 109 Å². The van der Waals surface area contributed by atoms with Gasteiger partial charge in [-0.25, -0.2) is 0 Å². The van der Waals surface area contributed by atoms with Gasteiger partial charge in [0.2, 0.25) is 0 Å². The second kappa shape index (κ2) is 8.23. The van der Waals surface area contributed by atoms with Crippen molar-refractivity contribution in [2.75, 3.05) is 0 Å². The first-order valence-corrected chi connectivity index (χ1v) is 10.9. The minimum absolute atomic E-state index is 0.114. The van der Waals surface area contributed by atoms with Crippen molar-refractivity contribution in [1.29, 1.82) is 0 Å². The van der Waals surface area contributed by atoms with Crippen LogP contribution < -0.4 is 0 Å². The van der Waals surface area contributed by atoms with Crippen molar-refractivity contribution in [2.24, 2.45) is 0 Å².